The zero-order chi connectivity index (χ0) is 19.6. The summed E-state index contributed by atoms with van der Waals surface area (Å²) < 4.78 is 0. The van der Waals surface area contributed by atoms with E-state index < -0.39 is 0 Å². The first-order valence-corrected chi connectivity index (χ1v) is 11.2. The van der Waals surface area contributed by atoms with Crippen LogP contribution < -0.4 is 10.2 Å². The first-order valence-electron chi connectivity index (χ1n) is 9.67. The molecule has 0 saturated carbocycles. The van der Waals surface area contributed by atoms with Gasteiger partial charge in [0.05, 0.1) is 0 Å². The quantitative estimate of drug-likeness (QED) is 0.528. The first kappa shape index (κ1) is 20.0. The van der Waals surface area contributed by atoms with Gasteiger partial charge in [0.1, 0.15) is 0 Å². The molecule has 0 aromatic heterocycles. The number of aryl methyl sites for hydroxylation is 3. The Morgan fingerprint density at radius 3 is 2.19 bits per heavy atom. The third-order valence-corrected chi connectivity index (χ3v) is 8.14. The molecular formula is C23H30BN2P. The normalized spacial score (nSPS) is 15.3. The summed E-state index contributed by atoms with van der Waals surface area (Å²) in [6.07, 6.45) is 5.28. The minimum Gasteiger partial charge on any atom is -0.353 e. The highest BCUT2D eigenvalue weighted by atomic mass is 31.1. The lowest BCUT2D eigenvalue weighted by Crippen LogP contribution is -2.29. The molecule has 140 valence electrons. The van der Waals surface area contributed by atoms with Gasteiger partial charge in [-0.25, -0.2) is 0 Å². The number of rotatable bonds is 5. The molecule has 1 aliphatic heterocycles. The van der Waals surface area contributed by atoms with Gasteiger partial charge in [-0.05, 0) is 48.8 Å². The molecule has 0 spiro atoms. The van der Waals surface area contributed by atoms with Crippen molar-refractivity contribution in [3.05, 3.63) is 78.2 Å². The fraction of sp³-hybridized carbons (Fsp3) is 0.348. The van der Waals surface area contributed by atoms with E-state index in [1.165, 1.54) is 34.7 Å². The Bertz CT molecular complexity index is 788. The molecule has 27 heavy (non-hydrogen) atoms. The molecule has 2 aromatic carbocycles. The first-order chi connectivity index (χ1) is 12.8. The van der Waals surface area contributed by atoms with E-state index in [0.29, 0.717) is 5.16 Å². The SMILES string of the molecule is Cc1cc(C)c(N2[C]N(CBP(c3ccccc3)C(C)(C)C)C=C2)c(C)c1. The lowest BCUT2D eigenvalue weighted by molar-refractivity contribution is 0.546. The van der Waals surface area contributed by atoms with Crippen molar-refractivity contribution in [2.24, 2.45) is 0 Å². The van der Waals surface area contributed by atoms with E-state index in [0.717, 1.165) is 6.44 Å². The standard InChI is InChI=1S/C23H30BN2P/c1-18-14-19(2)22(20(3)15-18)26-13-12-25(17-26)16-24-27(23(4,5)6)21-10-8-7-9-11-21/h7-15,24H,16H2,1-6H3. The van der Waals surface area contributed by atoms with Crippen LogP contribution in [0.3, 0.4) is 0 Å². The summed E-state index contributed by atoms with van der Waals surface area (Å²) in [6.45, 7) is 18.3. The third-order valence-electron chi connectivity index (χ3n) is 4.95. The van der Waals surface area contributed by atoms with Gasteiger partial charge in [-0.15, -0.1) is 7.80 Å². The summed E-state index contributed by atoms with van der Waals surface area (Å²) in [5.41, 5.74) is 5.16. The summed E-state index contributed by atoms with van der Waals surface area (Å²) >= 11 is 0. The van der Waals surface area contributed by atoms with E-state index in [4.69, 9.17) is 0 Å². The topological polar surface area (TPSA) is 6.48 Å². The van der Waals surface area contributed by atoms with Crippen molar-refractivity contribution in [3.8, 4) is 0 Å². The van der Waals surface area contributed by atoms with Crippen molar-refractivity contribution < 1.29 is 0 Å². The van der Waals surface area contributed by atoms with Crippen LogP contribution in [0, 0.1) is 27.4 Å². The van der Waals surface area contributed by atoms with Gasteiger partial charge in [-0.3, -0.25) is 0 Å². The molecule has 1 aliphatic rings. The summed E-state index contributed by atoms with van der Waals surface area (Å²) in [6, 6.07) is 15.5. The molecule has 0 amide bonds. The Labute approximate surface area is 167 Å². The second kappa shape index (κ2) is 8.11. The average molecular weight is 376 g/mol. The Balaban J connectivity index is 1.67. The fourth-order valence-corrected chi connectivity index (χ4v) is 6.47. The molecule has 0 N–H and O–H groups in total. The Morgan fingerprint density at radius 1 is 0.963 bits per heavy atom. The van der Waals surface area contributed by atoms with Crippen LogP contribution in [0.4, 0.5) is 5.69 Å². The molecule has 4 heteroatoms. The maximum Gasteiger partial charge on any atom is 0.212 e. The third kappa shape index (κ3) is 4.77. The summed E-state index contributed by atoms with van der Waals surface area (Å²) in [4.78, 5) is 4.36. The molecule has 2 nitrogen and oxygen atoms in total. The van der Waals surface area contributed by atoms with Crippen LogP contribution in [0.1, 0.15) is 37.5 Å². The Kier molecular flexibility index (Phi) is 6.01. The van der Waals surface area contributed by atoms with Crippen molar-refractivity contribution in [3.63, 3.8) is 0 Å². The Morgan fingerprint density at radius 2 is 1.59 bits per heavy atom. The second-order valence-corrected chi connectivity index (χ2v) is 11.5. The number of hydrogen-bond donors (Lipinski definition) is 0. The van der Waals surface area contributed by atoms with Crippen LogP contribution in [0.15, 0.2) is 54.9 Å². The minimum atomic E-state index is -0.232. The van der Waals surface area contributed by atoms with Crippen LogP contribution in [0.2, 0.25) is 0 Å². The van der Waals surface area contributed by atoms with E-state index in [1.54, 1.807) is 0 Å². The van der Waals surface area contributed by atoms with Crippen LogP contribution in [-0.4, -0.2) is 23.5 Å². The van der Waals surface area contributed by atoms with Gasteiger partial charge in [0.2, 0.25) is 6.67 Å². The highest BCUT2D eigenvalue weighted by Crippen LogP contribution is 2.46. The highest BCUT2D eigenvalue weighted by molar-refractivity contribution is 7.92. The predicted molar refractivity (Wildman–Crippen MR) is 122 cm³/mol. The fourth-order valence-electron chi connectivity index (χ4n) is 3.82. The average Bonchev–Trinajstić information content (AvgIpc) is 3.02. The molecule has 1 atom stereocenters. The van der Waals surface area contributed by atoms with E-state index >= 15 is 0 Å². The lowest BCUT2D eigenvalue weighted by Gasteiger charge is -2.33. The van der Waals surface area contributed by atoms with Gasteiger partial charge in [-0.2, -0.15) is 0 Å². The largest absolute Gasteiger partial charge is 0.353 e. The van der Waals surface area contributed by atoms with Crippen LogP contribution in [-0.2, 0) is 0 Å². The summed E-state index contributed by atoms with van der Waals surface area (Å²) in [7, 11) is -0.232. The summed E-state index contributed by atoms with van der Waals surface area (Å²) in [5.74, 6) is 0. The van der Waals surface area contributed by atoms with Gasteiger partial charge in [0.25, 0.3) is 0 Å². The van der Waals surface area contributed by atoms with Crippen molar-refractivity contribution in [1.82, 2.24) is 4.90 Å². The van der Waals surface area contributed by atoms with Crippen molar-refractivity contribution in [1.29, 1.82) is 0 Å². The lowest BCUT2D eigenvalue weighted by atomic mass is 10.0. The number of anilines is 1. The van der Waals surface area contributed by atoms with Crippen molar-refractivity contribution in [2.45, 2.75) is 46.7 Å². The van der Waals surface area contributed by atoms with E-state index in [2.05, 4.69) is 113 Å². The smallest absolute Gasteiger partial charge is 0.212 e. The zero-order valence-corrected chi connectivity index (χ0v) is 18.3. The molecule has 0 aliphatic carbocycles. The Hall–Kier alpha value is -1.73. The van der Waals surface area contributed by atoms with Gasteiger partial charge >= 0.3 is 0 Å². The highest BCUT2D eigenvalue weighted by Gasteiger charge is 2.28. The molecule has 1 unspecified atom stereocenters. The predicted octanol–water partition coefficient (Wildman–Crippen LogP) is 5.12. The number of hydrogen-bond acceptors (Lipinski definition) is 2. The van der Waals surface area contributed by atoms with Gasteiger partial charge in [0.15, 0.2) is 7.00 Å². The van der Waals surface area contributed by atoms with E-state index in [9.17, 15) is 0 Å². The van der Waals surface area contributed by atoms with Crippen molar-refractivity contribution >= 4 is 25.8 Å². The van der Waals surface area contributed by atoms with Crippen LogP contribution in [0.25, 0.3) is 0 Å². The van der Waals surface area contributed by atoms with Crippen molar-refractivity contribution in [2.75, 3.05) is 11.3 Å². The molecular weight excluding hydrogens is 346 g/mol. The zero-order valence-electron chi connectivity index (χ0n) is 17.5. The van der Waals surface area contributed by atoms with Gasteiger partial charge < -0.3 is 9.80 Å². The van der Waals surface area contributed by atoms with Gasteiger partial charge in [-0.1, -0.05) is 68.8 Å². The number of benzene rings is 2. The number of nitrogens with zero attached hydrogens (tertiary/aromatic N) is 2. The van der Waals surface area contributed by atoms with E-state index in [-0.39, 0.29) is 7.80 Å². The minimum absolute atomic E-state index is 0.232. The monoisotopic (exact) mass is 376 g/mol. The maximum absolute atomic E-state index is 3.53. The van der Waals surface area contributed by atoms with Gasteiger partial charge in [0, 0.05) is 18.1 Å². The molecule has 3 rings (SSSR count). The molecule has 0 bridgehead atoms. The van der Waals surface area contributed by atoms with Crippen LogP contribution in [0.5, 0.6) is 0 Å². The second-order valence-electron chi connectivity index (χ2n) is 8.37. The van der Waals surface area contributed by atoms with E-state index in [1.807, 2.05) is 0 Å². The molecule has 0 fully saturated rings. The maximum atomic E-state index is 3.53. The van der Waals surface area contributed by atoms with Crippen LogP contribution >= 0.6 is 7.80 Å². The molecule has 1 heterocycles. The molecule has 2 aromatic rings. The molecule has 2 radical (unpaired) electrons. The summed E-state index contributed by atoms with van der Waals surface area (Å²) in [5, 5.41) is 1.79. The molecule has 0 saturated heterocycles.